The third-order valence-electron chi connectivity index (χ3n) is 2.83. The predicted octanol–water partition coefficient (Wildman–Crippen LogP) is 3.13. The van der Waals surface area contributed by atoms with Gasteiger partial charge in [0.1, 0.15) is 0 Å². The number of hydrogen-bond donors (Lipinski definition) is 0. The summed E-state index contributed by atoms with van der Waals surface area (Å²) in [5, 5.41) is 0. The van der Waals surface area contributed by atoms with E-state index in [-0.39, 0.29) is 0 Å². The van der Waals surface area contributed by atoms with Gasteiger partial charge in [-0.15, -0.1) is 0 Å². The predicted molar refractivity (Wildman–Crippen MR) is 68.7 cm³/mol. The van der Waals surface area contributed by atoms with Crippen LogP contribution < -0.4 is 0 Å². The molecule has 0 saturated carbocycles. The lowest BCUT2D eigenvalue weighted by Gasteiger charge is -2.21. The number of esters is 1. The average Bonchev–Trinajstić information content (AvgIpc) is 2.77. The van der Waals surface area contributed by atoms with E-state index in [0.29, 0.717) is 26.2 Å². The summed E-state index contributed by atoms with van der Waals surface area (Å²) in [6, 6.07) is 0. The van der Waals surface area contributed by atoms with Gasteiger partial charge in [-0.1, -0.05) is 26.7 Å². The van der Waals surface area contributed by atoms with Gasteiger partial charge in [0.05, 0.1) is 19.8 Å². The van der Waals surface area contributed by atoms with Crippen LogP contribution in [0.3, 0.4) is 0 Å². The van der Waals surface area contributed by atoms with E-state index < -0.39 is 19.2 Å². The lowest BCUT2D eigenvalue weighted by Crippen LogP contribution is -2.19. The summed E-state index contributed by atoms with van der Waals surface area (Å²) in [4.78, 5) is 11.5. The summed E-state index contributed by atoms with van der Waals surface area (Å²) in [5.41, 5.74) is -0.730. The van der Waals surface area contributed by atoms with Crippen molar-refractivity contribution in [2.75, 3.05) is 19.8 Å². The van der Waals surface area contributed by atoms with E-state index in [1.54, 1.807) is 0 Å². The van der Waals surface area contributed by atoms with Crippen LogP contribution >= 0.6 is 7.60 Å². The monoisotopic (exact) mass is 278 g/mol. The van der Waals surface area contributed by atoms with Crippen molar-refractivity contribution in [3.63, 3.8) is 0 Å². The van der Waals surface area contributed by atoms with Gasteiger partial charge in [0.15, 0.2) is 5.66 Å². The number of hydrogen-bond acceptors (Lipinski definition) is 5. The Hall–Kier alpha value is -0.380. The van der Waals surface area contributed by atoms with E-state index >= 15 is 0 Å². The molecule has 0 spiro atoms. The smallest absolute Gasteiger partial charge is 0.345 e. The van der Waals surface area contributed by atoms with Gasteiger partial charge < -0.3 is 13.8 Å². The van der Waals surface area contributed by atoms with Crippen LogP contribution in [0.2, 0.25) is 0 Å². The van der Waals surface area contributed by atoms with Crippen LogP contribution in [0.1, 0.15) is 46.0 Å². The first kappa shape index (κ1) is 15.7. The van der Waals surface area contributed by atoms with E-state index in [9.17, 15) is 9.36 Å². The number of rotatable bonds is 9. The fourth-order valence-electron chi connectivity index (χ4n) is 1.66. The molecular weight excluding hydrogens is 255 g/mol. The van der Waals surface area contributed by atoms with Crippen LogP contribution in [-0.4, -0.2) is 31.4 Å². The Bertz CT molecular complexity index is 291. The van der Waals surface area contributed by atoms with Crippen LogP contribution in [0.4, 0.5) is 0 Å². The Morgan fingerprint density at radius 2 is 1.78 bits per heavy atom. The second-order valence-corrected chi connectivity index (χ2v) is 6.60. The first-order valence-corrected chi connectivity index (χ1v) is 8.30. The summed E-state index contributed by atoms with van der Waals surface area (Å²) in [7, 11) is -3.36. The van der Waals surface area contributed by atoms with Gasteiger partial charge in [0, 0.05) is 6.42 Å². The SMILES string of the molecule is CCCCOP(=O)(OCCCC)C1CCOC1=O. The minimum absolute atomic E-state index is 0.307. The maximum Gasteiger partial charge on any atom is 0.345 e. The molecule has 0 aliphatic carbocycles. The molecule has 1 aliphatic heterocycles. The van der Waals surface area contributed by atoms with Gasteiger partial charge in [-0.05, 0) is 12.8 Å². The molecule has 5 nitrogen and oxygen atoms in total. The Balaban J connectivity index is 2.60. The standard InChI is InChI=1S/C12H23O5P/c1-3-5-8-16-18(14,17-9-6-4-2)11-7-10-15-12(11)13/h11H,3-10H2,1-2H3. The summed E-state index contributed by atoms with van der Waals surface area (Å²) < 4.78 is 28.3. The minimum Gasteiger partial charge on any atom is -0.465 e. The van der Waals surface area contributed by atoms with Crippen molar-refractivity contribution in [2.45, 2.75) is 51.6 Å². The first-order valence-electron chi connectivity index (χ1n) is 6.69. The molecule has 0 radical (unpaired) electrons. The lowest BCUT2D eigenvalue weighted by atomic mass is 10.4. The van der Waals surface area contributed by atoms with Gasteiger partial charge in [-0.25, -0.2) is 0 Å². The Morgan fingerprint density at radius 1 is 1.22 bits per heavy atom. The summed E-state index contributed by atoms with van der Waals surface area (Å²) >= 11 is 0. The Kier molecular flexibility index (Phi) is 6.90. The molecule has 0 aromatic rings. The van der Waals surface area contributed by atoms with Crippen molar-refractivity contribution >= 4 is 13.6 Å². The highest BCUT2D eigenvalue weighted by Gasteiger charge is 2.45. The van der Waals surface area contributed by atoms with Gasteiger partial charge in [-0.3, -0.25) is 9.36 Å². The van der Waals surface area contributed by atoms with E-state index in [4.69, 9.17) is 13.8 Å². The minimum atomic E-state index is -3.36. The van der Waals surface area contributed by atoms with Crippen LogP contribution in [0.25, 0.3) is 0 Å². The fraction of sp³-hybridized carbons (Fsp3) is 0.917. The van der Waals surface area contributed by atoms with Crippen molar-refractivity contribution in [1.29, 1.82) is 0 Å². The molecule has 1 aliphatic rings. The maximum absolute atomic E-state index is 12.6. The highest BCUT2D eigenvalue weighted by Crippen LogP contribution is 2.56. The van der Waals surface area contributed by atoms with Gasteiger partial charge >= 0.3 is 13.6 Å². The Labute approximate surface area is 109 Å². The second kappa shape index (κ2) is 7.93. The molecule has 1 heterocycles. The molecule has 0 amide bonds. The number of carbonyl (C=O) groups excluding carboxylic acids is 1. The fourth-order valence-corrected chi connectivity index (χ4v) is 3.62. The quantitative estimate of drug-likeness (QED) is 0.368. The maximum atomic E-state index is 12.6. The molecule has 18 heavy (non-hydrogen) atoms. The van der Waals surface area contributed by atoms with Crippen molar-refractivity contribution in [3.05, 3.63) is 0 Å². The van der Waals surface area contributed by atoms with Crippen LogP contribution in [-0.2, 0) is 23.1 Å². The number of ether oxygens (including phenoxy) is 1. The molecule has 106 valence electrons. The van der Waals surface area contributed by atoms with E-state index in [1.807, 2.05) is 13.8 Å². The molecule has 0 aromatic heterocycles. The molecule has 1 unspecified atom stereocenters. The first-order chi connectivity index (χ1) is 8.64. The molecule has 0 bridgehead atoms. The van der Waals surface area contributed by atoms with Crippen LogP contribution in [0.15, 0.2) is 0 Å². The average molecular weight is 278 g/mol. The zero-order chi connectivity index (χ0) is 13.4. The molecule has 0 N–H and O–H groups in total. The van der Waals surface area contributed by atoms with E-state index in [0.717, 1.165) is 25.7 Å². The zero-order valence-corrected chi connectivity index (χ0v) is 12.1. The third-order valence-corrected chi connectivity index (χ3v) is 5.15. The van der Waals surface area contributed by atoms with Crippen LogP contribution in [0.5, 0.6) is 0 Å². The molecular formula is C12H23O5P. The number of unbranched alkanes of at least 4 members (excludes halogenated alkanes) is 2. The molecule has 1 fully saturated rings. The van der Waals surface area contributed by atoms with Crippen molar-refractivity contribution in [3.8, 4) is 0 Å². The normalized spacial score (nSPS) is 20.1. The van der Waals surface area contributed by atoms with Gasteiger partial charge in [-0.2, -0.15) is 0 Å². The number of cyclic esters (lactones) is 1. The molecule has 0 aromatic carbocycles. The van der Waals surface area contributed by atoms with Crippen LogP contribution in [0, 0.1) is 0 Å². The molecule has 1 saturated heterocycles. The van der Waals surface area contributed by atoms with Crippen molar-refractivity contribution in [1.82, 2.24) is 0 Å². The summed E-state index contributed by atoms with van der Waals surface area (Å²) in [6.45, 7) is 5.08. The number of carbonyl (C=O) groups is 1. The van der Waals surface area contributed by atoms with E-state index in [2.05, 4.69) is 0 Å². The molecule has 6 heteroatoms. The highest BCUT2D eigenvalue weighted by molar-refractivity contribution is 7.55. The third kappa shape index (κ3) is 4.38. The highest BCUT2D eigenvalue weighted by atomic mass is 31.2. The van der Waals surface area contributed by atoms with Gasteiger partial charge in [0.2, 0.25) is 0 Å². The van der Waals surface area contributed by atoms with Gasteiger partial charge in [0.25, 0.3) is 0 Å². The topological polar surface area (TPSA) is 61.8 Å². The lowest BCUT2D eigenvalue weighted by molar-refractivity contribution is -0.138. The Morgan fingerprint density at radius 3 is 2.17 bits per heavy atom. The molecule has 1 atom stereocenters. The van der Waals surface area contributed by atoms with Crippen molar-refractivity contribution < 1.29 is 23.1 Å². The summed E-state index contributed by atoms with van der Waals surface area (Å²) in [5.74, 6) is -0.452. The zero-order valence-electron chi connectivity index (χ0n) is 11.2. The van der Waals surface area contributed by atoms with Crippen molar-refractivity contribution in [2.24, 2.45) is 0 Å². The largest absolute Gasteiger partial charge is 0.465 e. The second-order valence-electron chi connectivity index (χ2n) is 4.39. The summed E-state index contributed by atoms with van der Waals surface area (Å²) in [6.07, 6.45) is 3.94. The molecule has 1 rings (SSSR count). The van der Waals surface area contributed by atoms with E-state index in [1.165, 1.54) is 0 Å².